The zero-order valence-corrected chi connectivity index (χ0v) is 12.0. The number of hydrogen-bond acceptors (Lipinski definition) is 3. The molecule has 4 bridgehead atoms. The molecular weight excluding hydrogens is 242 g/mol. The van der Waals surface area contributed by atoms with Crippen LogP contribution in [0.1, 0.15) is 65.2 Å². The first-order valence-electron chi connectivity index (χ1n) is 7.75. The second-order valence-corrected chi connectivity index (χ2v) is 7.46. The van der Waals surface area contributed by atoms with Crippen LogP contribution in [0.4, 0.5) is 0 Å². The summed E-state index contributed by atoms with van der Waals surface area (Å²) in [5.74, 6) is 0.938. The molecule has 0 radical (unpaired) electrons. The number of nitro groups is 1. The summed E-state index contributed by atoms with van der Waals surface area (Å²) >= 11 is 0. The topological polar surface area (TPSA) is 63.4 Å². The second kappa shape index (κ2) is 3.94. The van der Waals surface area contributed by atoms with Crippen LogP contribution in [0.25, 0.3) is 0 Å². The molecule has 1 N–H and O–H groups in total. The van der Waals surface area contributed by atoms with Crippen LogP contribution in [0.3, 0.4) is 0 Å². The van der Waals surface area contributed by atoms with E-state index in [4.69, 9.17) is 0 Å². The van der Waals surface area contributed by atoms with Crippen molar-refractivity contribution in [3.8, 4) is 0 Å². The minimum absolute atomic E-state index is 0.00896. The van der Waals surface area contributed by atoms with Crippen molar-refractivity contribution in [3.63, 3.8) is 0 Å². The van der Waals surface area contributed by atoms with Gasteiger partial charge in [0.2, 0.25) is 5.54 Å². The predicted octanol–water partition coefficient (Wildman–Crippen LogP) is 3.15. The van der Waals surface area contributed by atoms with Gasteiger partial charge in [0, 0.05) is 29.6 Å². The van der Waals surface area contributed by atoms with Gasteiger partial charge in [-0.15, -0.1) is 0 Å². The summed E-state index contributed by atoms with van der Waals surface area (Å²) in [5, 5.41) is 22.7. The normalized spacial score (nSPS) is 44.6. The molecule has 0 saturated heterocycles. The quantitative estimate of drug-likeness (QED) is 0.628. The van der Waals surface area contributed by atoms with Gasteiger partial charge in [-0.1, -0.05) is 13.8 Å². The Morgan fingerprint density at radius 1 is 1.21 bits per heavy atom. The maximum atomic E-state index is 11.6. The lowest BCUT2D eigenvalue weighted by atomic mass is 9.42. The molecule has 0 aromatic carbocycles. The lowest BCUT2D eigenvalue weighted by Gasteiger charge is -2.62. The first-order chi connectivity index (χ1) is 8.89. The van der Waals surface area contributed by atoms with Crippen molar-refractivity contribution in [1.82, 2.24) is 0 Å². The Hall–Kier alpha value is -0.640. The van der Waals surface area contributed by atoms with E-state index in [-0.39, 0.29) is 10.3 Å². The van der Waals surface area contributed by atoms with Crippen molar-refractivity contribution in [3.05, 3.63) is 10.1 Å². The Bertz CT molecular complexity index is 388. The Kier molecular flexibility index (Phi) is 2.76. The predicted molar refractivity (Wildman–Crippen MR) is 72.4 cm³/mol. The minimum Gasteiger partial charge on any atom is -0.389 e. The van der Waals surface area contributed by atoms with Crippen molar-refractivity contribution in [1.29, 1.82) is 0 Å². The highest BCUT2D eigenvalue weighted by Crippen LogP contribution is 2.66. The maximum absolute atomic E-state index is 11.6. The molecule has 4 rings (SSSR count). The summed E-state index contributed by atoms with van der Waals surface area (Å²) in [7, 11) is 0. The molecule has 4 aliphatic carbocycles. The van der Waals surface area contributed by atoms with Crippen LogP contribution >= 0.6 is 0 Å². The highest BCUT2D eigenvalue weighted by Gasteiger charge is 2.68. The summed E-state index contributed by atoms with van der Waals surface area (Å²) in [6, 6.07) is 0. The smallest absolute Gasteiger partial charge is 0.223 e. The fourth-order valence-electron chi connectivity index (χ4n) is 5.97. The second-order valence-electron chi connectivity index (χ2n) is 7.46. The molecule has 0 aromatic rings. The van der Waals surface area contributed by atoms with Gasteiger partial charge >= 0.3 is 0 Å². The standard InChI is InChI=1S/C15H25NO3/c1-3-15(17,4-2)13-6-11-5-12(7-13)9-14(8-11,10-13)16(18)19/h11-12,17H,3-10H2,1-2H3. The molecule has 2 unspecified atom stereocenters. The average Bonchev–Trinajstić information content (AvgIpc) is 2.36. The van der Waals surface area contributed by atoms with Gasteiger partial charge in [0.1, 0.15) is 0 Å². The molecule has 4 fully saturated rings. The number of rotatable bonds is 4. The van der Waals surface area contributed by atoms with Gasteiger partial charge in [-0.05, 0) is 43.9 Å². The van der Waals surface area contributed by atoms with E-state index in [0.717, 1.165) is 44.9 Å². The van der Waals surface area contributed by atoms with E-state index >= 15 is 0 Å². The summed E-state index contributed by atoms with van der Waals surface area (Å²) < 4.78 is 0. The van der Waals surface area contributed by atoms with Crippen molar-refractivity contribution in [2.45, 2.75) is 76.4 Å². The third-order valence-electron chi connectivity index (χ3n) is 6.57. The third kappa shape index (κ3) is 1.61. The molecular formula is C15H25NO3. The summed E-state index contributed by atoms with van der Waals surface area (Å²) in [6.07, 6.45) is 6.73. The highest BCUT2D eigenvalue weighted by molar-refractivity contribution is 5.14. The summed E-state index contributed by atoms with van der Waals surface area (Å²) in [5.41, 5.74) is -1.61. The van der Waals surface area contributed by atoms with E-state index in [1.807, 2.05) is 13.8 Å². The Balaban J connectivity index is 2.02. The lowest BCUT2D eigenvalue weighted by molar-refractivity contribution is -0.594. The largest absolute Gasteiger partial charge is 0.389 e. The molecule has 4 saturated carbocycles. The van der Waals surface area contributed by atoms with E-state index < -0.39 is 11.1 Å². The monoisotopic (exact) mass is 267 g/mol. The SMILES string of the molecule is CCC(O)(CC)C12CC3CC(CC([N+](=O)[O-])(C3)C1)C2. The lowest BCUT2D eigenvalue weighted by Crippen LogP contribution is -2.65. The molecule has 0 aliphatic heterocycles. The number of nitrogens with zero attached hydrogens (tertiary/aromatic N) is 1. The highest BCUT2D eigenvalue weighted by atomic mass is 16.6. The fraction of sp³-hybridized carbons (Fsp3) is 1.00. The molecule has 4 heteroatoms. The van der Waals surface area contributed by atoms with Crippen LogP contribution in [0, 0.1) is 27.4 Å². The van der Waals surface area contributed by atoms with Crippen molar-refractivity contribution in [2.24, 2.45) is 17.3 Å². The van der Waals surface area contributed by atoms with E-state index in [1.165, 1.54) is 0 Å². The van der Waals surface area contributed by atoms with Gasteiger partial charge in [-0.2, -0.15) is 0 Å². The maximum Gasteiger partial charge on any atom is 0.223 e. The third-order valence-corrected chi connectivity index (χ3v) is 6.57. The first kappa shape index (κ1) is 13.3. The van der Waals surface area contributed by atoms with Crippen LogP contribution < -0.4 is 0 Å². The van der Waals surface area contributed by atoms with Crippen LogP contribution in [-0.2, 0) is 0 Å². The minimum atomic E-state index is -0.720. The number of aliphatic hydroxyl groups is 1. The molecule has 4 nitrogen and oxygen atoms in total. The van der Waals surface area contributed by atoms with Gasteiger partial charge in [-0.25, -0.2) is 0 Å². The molecule has 0 amide bonds. The van der Waals surface area contributed by atoms with Crippen molar-refractivity contribution < 1.29 is 10.0 Å². The Morgan fingerprint density at radius 2 is 1.74 bits per heavy atom. The average molecular weight is 267 g/mol. The Labute approximate surface area is 114 Å². The molecule has 4 aliphatic rings. The van der Waals surface area contributed by atoms with Crippen LogP contribution in [-0.4, -0.2) is 21.2 Å². The van der Waals surface area contributed by atoms with Crippen LogP contribution in [0.15, 0.2) is 0 Å². The number of hydrogen-bond donors (Lipinski definition) is 1. The van der Waals surface area contributed by atoms with E-state index in [0.29, 0.717) is 18.3 Å². The molecule has 0 aromatic heterocycles. The summed E-state index contributed by atoms with van der Waals surface area (Å²) in [6.45, 7) is 4.06. The van der Waals surface area contributed by atoms with E-state index in [9.17, 15) is 15.2 Å². The van der Waals surface area contributed by atoms with Gasteiger partial charge in [-0.3, -0.25) is 10.1 Å². The molecule has 0 spiro atoms. The molecule has 0 heterocycles. The fourth-order valence-corrected chi connectivity index (χ4v) is 5.97. The zero-order valence-electron chi connectivity index (χ0n) is 12.0. The van der Waals surface area contributed by atoms with Gasteiger partial charge in [0.25, 0.3) is 0 Å². The molecule has 108 valence electrons. The molecule has 2 atom stereocenters. The van der Waals surface area contributed by atoms with Gasteiger partial charge in [0.15, 0.2) is 0 Å². The van der Waals surface area contributed by atoms with Crippen LogP contribution in [0.2, 0.25) is 0 Å². The van der Waals surface area contributed by atoms with Crippen molar-refractivity contribution in [2.75, 3.05) is 0 Å². The molecule has 19 heavy (non-hydrogen) atoms. The van der Waals surface area contributed by atoms with E-state index in [1.54, 1.807) is 0 Å². The van der Waals surface area contributed by atoms with Gasteiger partial charge < -0.3 is 5.11 Å². The van der Waals surface area contributed by atoms with E-state index in [2.05, 4.69) is 0 Å². The van der Waals surface area contributed by atoms with Crippen molar-refractivity contribution >= 4 is 0 Å². The summed E-state index contributed by atoms with van der Waals surface area (Å²) in [4.78, 5) is 11.6. The zero-order chi connectivity index (χ0) is 13.9. The Morgan fingerprint density at radius 3 is 2.16 bits per heavy atom. The van der Waals surface area contributed by atoms with Gasteiger partial charge in [0.05, 0.1) is 5.60 Å². The first-order valence-corrected chi connectivity index (χ1v) is 7.75. The van der Waals surface area contributed by atoms with Crippen LogP contribution in [0.5, 0.6) is 0 Å².